The molecule has 5 rings (SSSR count). The molecule has 2 aliphatic rings. The zero-order valence-corrected chi connectivity index (χ0v) is 22.0. The van der Waals surface area contributed by atoms with Crippen molar-refractivity contribution in [1.29, 1.82) is 0 Å². The van der Waals surface area contributed by atoms with Crippen LogP contribution in [0.2, 0.25) is 0 Å². The minimum atomic E-state index is -4.64. The van der Waals surface area contributed by atoms with Crippen LogP contribution in [-0.4, -0.2) is 89.9 Å². The zero-order chi connectivity index (χ0) is 27.4. The maximum absolute atomic E-state index is 13.0. The van der Waals surface area contributed by atoms with Crippen LogP contribution in [0.5, 0.6) is 5.75 Å². The highest BCUT2D eigenvalue weighted by Gasteiger charge is 2.33. The van der Waals surface area contributed by atoms with Gasteiger partial charge in [0, 0.05) is 56.9 Å². The van der Waals surface area contributed by atoms with Gasteiger partial charge >= 0.3 is 6.18 Å². The Labute approximate surface area is 225 Å². The molecule has 39 heavy (non-hydrogen) atoms. The lowest BCUT2D eigenvalue weighted by molar-refractivity contribution is -0.141. The van der Waals surface area contributed by atoms with Gasteiger partial charge in [0.2, 0.25) is 0 Å². The second-order valence-electron chi connectivity index (χ2n) is 10.1. The summed E-state index contributed by atoms with van der Waals surface area (Å²) in [6, 6.07) is 6.97. The van der Waals surface area contributed by atoms with Crippen molar-refractivity contribution in [3.63, 3.8) is 0 Å². The van der Waals surface area contributed by atoms with Gasteiger partial charge in [-0.15, -0.1) is 0 Å². The van der Waals surface area contributed by atoms with Gasteiger partial charge in [-0.05, 0) is 50.6 Å². The number of hydrogen-bond donors (Lipinski definition) is 2. The van der Waals surface area contributed by atoms with Crippen LogP contribution >= 0.6 is 0 Å². The third kappa shape index (κ3) is 6.68. The molecule has 0 aliphatic carbocycles. The Hall–Kier alpha value is -3.22. The highest BCUT2D eigenvalue weighted by atomic mass is 19.4. The SMILES string of the molecule is COc1cc2nn(C3CCN(CCCN4CCNCC4)CC3)cc2cc1NC(=O)c1cccc(C(F)(F)F)n1. The van der Waals surface area contributed by atoms with E-state index in [1.165, 1.54) is 19.6 Å². The van der Waals surface area contributed by atoms with Gasteiger partial charge in [-0.1, -0.05) is 6.07 Å². The summed E-state index contributed by atoms with van der Waals surface area (Å²) >= 11 is 0. The van der Waals surface area contributed by atoms with Crippen molar-refractivity contribution in [2.24, 2.45) is 0 Å². The number of nitrogens with one attached hydrogen (secondary N) is 2. The lowest BCUT2D eigenvalue weighted by Gasteiger charge is -2.33. The number of methoxy groups -OCH3 is 1. The second kappa shape index (κ2) is 11.9. The van der Waals surface area contributed by atoms with Gasteiger partial charge in [0.25, 0.3) is 5.91 Å². The first kappa shape index (κ1) is 27.4. The van der Waals surface area contributed by atoms with Crippen LogP contribution in [0.15, 0.2) is 36.5 Å². The molecule has 0 unspecified atom stereocenters. The summed E-state index contributed by atoms with van der Waals surface area (Å²) in [5, 5.41) is 11.6. The van der Waals surface area contributed by atoms with Crippen LogP contribution in [0, 0.1) is 0 Å². The Kier molecular flexibility index (Phi) is 8.34. The summed E-state index contributed by atoms with van der Waals surface area (Å²) in [7, 11) is 1.47. The predicted molar refractivity (Wildman–Crippen MR) is 142 cm³/mol. The van der Waals surface area contributed by atoms with Crippen LogP contribution in [0.4, 0.5) is 18.9 Å². The van der Waals surface area contributed by atoms with E-state index in [9.17, 15) is 18.0 Å². The number of hydrogen-bond acceptors (Lipinski definition) is 7. The molecule has 1 amide bonds. The molecular weight excluding hydrogens is 511 g/mol. The first-order valence-corrected chi connectivity index (χ1v) is 13.4. The summed E-state index contributed by atoms with van der Waals surface area (Å²) in [5.74, 6) is -0.386. The number of rotatable bonds is 8. The van der Waals surface area contributed by atoms with E-state index in [1.807, 2.05) is 10.9 Å². The number of piperazine rings is 1. The summed E-state index contributed by atoms with van der Waals surface area (Å²) < 4.78 is 46.5. The average molecular weight is 546 g/mol. The van der Waals surface area contributed by atoms with Gasteiger partial charge in [0.1, 0.15) is 17.1 Å². The molecule has 3 aromatic rings. The standard InChI is InChI=1S/C27H34F3N7O2/c1-39-24-17-22-19(16-23(24)33-26(38)21-4-2-5-25(32-21)27(28,29)30)18-37(34-22)20-6-12-35(13-7-20)10-3-11-36-14-8-31-9-15-36/h2,4-5,16-18,20,31H,3,6-15H2,1H3,(H,33,38). The van der Waals surface area contributed by atoms with Crippen LogP contribution in [-0.2, 0) is 6.18 Å². The fourth-order valence-corrected chi connectivity index (χ4v) is 5.29. The molecule has 0 atom stereocenters. The summed E-state index contributed by atoms with van der Waals surface area (Å²) in [4.78, 5) is 21.2. The van der Waals surface area contributed by atoms with Crippen molar-refractivity contribution in [2.45, 2.75) is 31.5 Å². The first-order chi connectivity index (χ1) is 18.8. The Morgan fingerprint density at radius 3 is 2.51 bits per heavy atom. The Bertz CT molecular complexity index is 1280. The fourth-order valence-electron chi connectivity index (χ4n) is 5.29. The normalized spacial score (nSPS) is 17.9. The van der Waals surface area contributed by atoms with Gasteiger partial charge in [0.05, 0.1) is 24.4 Å². The summed E-state index contributed by atoms with van der Waals surface area (Å²) in [6.45, 7) is 8.73. The van der Waals surface area contributed by atoms with Gasteiger partial charge in [0.15, 0.2) is 0 Å². The number of piperidine rings is 1. The topological polar surface area (TPSA) is 87.5 Å². The van der Waals surface area contributed by atoms with Gasteiger partial charge < -0.3 is 25.2 Å². The smallest absolute Gasteiger partial charge is 0.433 e. The van der Waals surface area contributed by atoms with E-state index >= 15 is 0 Å². The molecule has 9 nitrogen and oxygen atoms in total. The van der Waals surface area contributed by atoms with Crippen molar-refractivity contribution >= 4 is 22.5 Å². The number of likely N-dealkylation sites (tertiary alicyclic amines) is 1. The Morgan fingerprint density at radius 2 is 1.82 bits per heavy atom. The number of benzene rings is 1. The molecule has 2 fully saturated rings. The fraction of sp³-hybridized carbons (Fsp3) is 0.519. The second-order valence-corrected chi connectivity index (χ2v) is 10.1. The maximum atomic E-state index is 13.0. The molecular formula is C27H34F3N7O2. The molecule has 0 bridgehead atoms. The molecule has 0 radical (unpaired) electrons. The molecule has 2 N–H and O–H groups in total. The summed E-state index contributed by atoms with van der Waals surface area (Å²) in [6.07, 6.45) is 0.508. The number of anilines is 1. The van der Waals surface area contributed by atoms with Crippen molar-refractivity contribution < 1.29 is 22.7 Å². The summed E-state index contributed by atoms with van der Waals surface area (Å²) in [5.41, 5.74) is -0.389. The van der Waals surface area contributed by atoms with Crippen molar-refractivity contribution in [1.82, 2.24) is 29.9 Å². The van der Waals surface area contributed by atoms with Gasteiger partial charge in [-0.3, -0.25) is 9.48 Å². The van der Waals surface area contributed by atoms with Crippen LogP contribution < -0.4 is 15.4 Å². The molecule has 2 aliphatic heterocycles. The highest BCUT2D eigenvalue weighted by molar-refractivity contribution is 6.05. The molecule has 2 saturated heterocycles. The number of fused-ring (bicyclic) bond motifs is 1. The van der Waals surface area contributed by atoms with Crippen molar-refractivity contribution in [3.8, 4) is 5.75 Å². The zero-order valence-electron chi connectivity index (χ0n) is 22.0. The lowest BCUT2D eigenvalue weighted by Crippen LogP contribution is -2.44. The van der Waals surface area contributed by atoms with E-state index in [0.29, 0.717) is 11.4 Å². The molecule has 12 heteroatoms. The number of nitrogens with zero attached hydrogens (tertiary/aromatic N) is 5. The first-order valence-electron chi connectivity index (χ1n) is 13.4. The average Bonchev–Trinajstić information content (AvgIpc) is 3.36. The molecule has 0 saturated carbocycles. The van der Waals surface area contributed by atoms with Crippen molar-refractivity contribution in [3.05, 3.63) is 47.9 Å². The minimum Gasteiger partial charge on any atom is -0.494 e. The predicted octanol–water partition coefficient (Wildman–Crippen LogP) is 3.64. The van der Waals surface area contributed by atoms with E-state index in [0.717, 1.165) is 88.2 Å². The number of aromatic nitrogens is 3. The molecule has 210 valence electrons. The van der Waals surface area contributed by atoms with E-state index in [4.69, 9.17) is 9.84 Å². The van der Waals surface area contributed by atoms with E-state index in [-0.39, 0.29) is 11.7 Å². The number of pyridine rings is 1. The van der Waals surface area contributed by atoms with E-state index in [2.05, 4.69) is 25.4 Å². The van der Waals surface area contributed by atoms with Crippen LogP contribution in [0.3, 0.4) is 0 Å². The molecule has 4 heterocycles. The third-order valence-electron chi connectivity index (χ3n) is 7.45. The molecule has 1 aromatic carbocycles. The van der Waals surface area contributed by atoms with E-state index < -0.39 is 17.8 Å². The largest absolute Gasteiger partial charge is 0.494 e. The van der Waals surface area contributed by atoms with E-state index in [1.54, 1.807) is 12.1 Å². The number of amides is 1. The van der Waals surface area contributed by atoms with Crippen LogP contribution in [0.25, 0.3) is 10.9 Å². The minimum absolute atomic E-state index is 0.278. The molecule has 0 spiro atoms. The quantitative estimate of drug-likeness (QED) is 0.447. The van der Waals surface area contributed by atoms with Gasteiger partial charge in [-0.2, -0.15) is 18.3 Å². The monoisotopic (exact) mass is 545 g/mol. The Balaban J connectivity index is 1.21. The number of halogens is 3. The number of ether oxygens (including phenoxy) is 1. The number of carbonyl (C=O) groups is 1. The highest BCUT2D eigenvalue weighted by Crippen LogP contribution is 2.32. The molecule has 2 aromatic heterocycles. The third-order valence-corrected chi connectivity index (χ3v) is 7.45. The van der Waals surface area contributed by atoms with Crippen LogP contribution in [0.1, 0.15) is 41.5 Å². The maximum Gasteiger partial charge on any atom is 0.433 e. The number of alkyl halides is 3. The van der Waals surface area contributed by atoms with Gasteiger partial charge in [-0.25, -0.2) is 4.98 Å². The number of carbonyl (C=O) groups excluding carboxylic acids is 1. The lowest BCUT2D eigenvalue weighted by atomic mass is 10.1. The Morgan fingerprint density at radius 1 is 1.10 bits per heavy atom. The van der Waals surface area contributed by atoms with Crippen molar-refractivity contribution in [2.75, 3.05) is 64.8 Å².